The number of ether oxygens (including phenoxy) is 1. The summed E-state index contributed by atoms with van der Waals surface area (Å²) in [6.45, 7) is 6.56. The molecule has 0 bridgehead atoms. The summed E-state index contributed by atoms with van der Waals surface area (Å²) < 4.78 is 5.77. The Labute approximate surface area is 146 Å². The summed E-state index contributed by atoms with van der Waals surface area (Å²) in [5.74, 6) is -0.405. The number of morpholine rings is 1. The van der Waals surface area contributed by atoms with Gasteiger partial charge in [-0.25, -0.2) is 0 Å². The van der Waals surface area contributed by atoms with Crippen molar-refractivity contribution in [2.75, 3.05) is 18.4 Å². The number of para-hydroxylation sites is 1. The molecule has 1 aromatic heterocycles. The molecule has 2 atom stereocenters. The highest BCUT2D eigenvalue weighted by atomic mass is 16.5. The second-order valence-corrected chi connectivity index (χ2v) is 6.48. The average Bonchev–Trinajstić information content (AvgIpc) is 2.56. The molecule has 1 fully saturated rings. The lowest BCUT2D eigenvalue weighted by atomic mass is 10.1. The van der Waals surface area contributed by atoms with Gasteiger partial charge in [0.05, 0.1) is 12.2 Å². The van der Waals surface area contributed by atoms with Gasteiger partial charge in [-0.05, 0) is 37.6 Å². The molecule has 2 unspecified atom stereocenters. The molecule has 132 valence electrons. The maximum atomic E-state index is 12.4. The lowest BCUT2D eigenvalue weighted by Crippen LogP contribution is -2.44. The maximum absolute atomic E-state index is 12.4. The van der Waals surface area contributed by atoms with Crippen molar-refractivity contribution >= 4 is 11.6 Å². The van der Waals surface area contributed by atoms with Gasteiger partial charge in [-0.2, -0.15) is 0 Å². The fraction of sp³-hybridized carbons (Fsp3) is 0.368. The number of nitrogens with zero attached hydrogens (tertiary/aromatic N) is 1. The second-order valence-electron chi connectivity index (χ2n) is 6.48. The highest BCUT2D eigenvalue weighted by molar-refractivity contribution is 6.04. The molecule has 1 aliphatic rings. The number of hydrogen-bond acceptors (Lipinski definition) is 4. The van der Waals surface area contributed by atoms with Gasteiger partial charge in [0.15, 0.2) is 0 Å². The van der Waals surface area contributed by atoms with E-state index in [-0.39, 0.29) is 17.8 Å². The van der Waals surface area contributed by atoms with Gasteiger partial charge in [0.2, 0.25) is 0 Å². The zero-order valence-corrected chi connectivity index (χ0v) is 14.5. The molecule has 2 heterocycles. The topological polar surface area (TPSA) is 74.4 Å². The van der Waals surface area contributed by atoms with Gasteiger partial charge in [0.1, 0.15) is 5.56 Å². The number of nitrogens with one attached hydrogen (secondary N) is 2. The third-order valence-electron chi connectivity index (χ3n) is 4.22. The van der Waals surface area contributed by atoms with E-state index in [4.69, 9.17) is 4.74 Å². The molecule has 25 heavy (non-hydrogen) atoms. The number of anilines is 1. The summed E-state index contributed by atoms with van der Waals surface area (Å²) >= 11 is 0. The van der Waals surface area contributed by atoms with Crippen LogP contribution in [-0.2, 0) is 11.3 Å². The third-order valence-corrected chi connectivity index (χ3v) is 4.22. The molecule has 0 radical (unpaired) electrons. The van der Waals surface area contributed by atoms with Crippen LogP contribution < -0.4 is 10.9 Å². The number of rotatable bonds is 4. The minimum atomic E-state index is -0.405. The number of benzene rings is 1. The van der Waals surface area contributed by atoms with Gasteiger partial charge < -0.3 is 15.0 Å². The summed E-state index contributed by atoms with van der Waals surface area (Å²) in [4.78, 5) is 29.0. The SMILES string of the molecule is CC1CN(Cc2ccccc2NC(=O)c2ccc[nH]c2=O)CC(C)O1. The van der Waals surface area contributed by atoms with Crippen LogP contribution in [0.15, 0.2) is 47.4 Å². The van der Waals surface area contributed by atoms with Crippen molar-refractivity contribution in [3.05, 3.63) is 64.1 Å². The molecule has 0 spiro atoms. The molecule has 6 heteroatoms. The van der Waals surface area contributed by atoms with Crippen molar-refractivity contribution in [2.24, 2.45) is 0 Å². The molecule has 2 aromatic rings. The predicted molar refractivity (Wildman–Crippen MR) is 96.7 cm³/mol. The molecule has 3 rings (SSSR count). The monoisotopic (exact) mass is 341 g/mol. The van der Waals surface area contributed by atoms with E-state index in [1.54, 1.807) is 6.07 Å². The maximum Gasteiger partial charge on any atom is 0.261 e. The van der Waals surface area contributed by atoms with Crippen LogP contribution in [-0.4, -0.2) is 41.1 Å². The van der Waals surface area contributed by atoms with Gasteiger partial charge >= 0.3 is 0 Å². The van der Waals surface area contributed by atoms with Crippen molar-refractivity contribution in [1.82, 2.24) is 9.88 Å². The quantitative estimate of drug-likeness (QED) is 0.894. The number of hydrogen-bond donors (Lipinski definition) is 2. The Kier molecular flexibility index (Phi) is 5.31. The average molecular weight is 341 g/mol. The van der Waals surface area contributed by atoms with Crippen LogP contribution in [0.1, 0.15) is 29.8 Å². The first-order chi connectivity index (χ1) is 12.0. The first kappa shape index (κ1) is 17.4. The van der Waals surface area contributed by atoms with Crippen molar-refractivity contribution in [3.8, 4) is 0 Å². The Hall–Kier alpha value is -2.44. The molecule has 1 aromatic carbocycles. The Morgan fingerprint density at radius 1 is 1.20 bits per heavy atom. The van der Waals surface area contributed by atoms with E-state index >= 15 is 0 Å². The molecular weight excluding hydrogens is 318 g/mol. The molecule has 0 saturated carbocycles. The van der Waals surface area contributed by atoms with E-state index < -0.39 is 11.5 Å². The molecule has 1 amide bonds. The number of aromatic nitrogens is 1. The summed E-state index contributed by atoms with van der Waals surface area (Å²) in [5, 5.41) is 2.86. The highest BCUT2D eigenvalue weighted by Gasteiger charge is 2.23. The smallest absolute Gasteiger partial charge is 0.261 e. The van der Waals surface area contributed by atoms with Crippen LogP contribution in [0.3, 0.4) is 0 Å². The van der Waals surface area contributed by atoms with Crippen molar-refractivity contribution in [3.63, 3.8) is 0 Å². The summed E-state index contributed by atoms with van der Waals surface area (Å²) in [7, 11) is 0. The lowest BCUT2D eigenvalue weighted by molar-refractivity contribution is -0.0704. The molecule has 1 saturated heterocycles. The van der Waals surface area contributed by atoms with Crippen molar-refractivity contribution < 1.29 is 9.53 Å². The summed E-state index contributed by atoms with van der Waals surface area (Å²) in [6.07, 6.45) is 1.88. The molecule has 0 aliphatic carbocycles. The fourth-order valence-corrected chi connectivity index (χ4v) is 3.22. The Balaban J connectivity index is 1.76. The molecular formula is C19H23N3O3. The number of aromatic amines is 1. The van der Waals surface area contributed by atoms with Gasteiger partial charge in [0.25, 0.3) is 11.5 Å². The summed E-state index contributed by atoms with van der Waals surface area (Å²) in [5.41, 5.74) is 1.45. The van der Waals surface area contributed by atoms with Gasteiger partial charge in [0, 0.05) is 31.5 Å². The molecule has 6 nitrogen and oxygen atoms in total. The van der Waals surface area contributed by atoms with Crippen LogP contribution in [0.4, 0.5) is 5.69 Å². The Morgan fingerprint density at radius 3 is 2.64 bits per heavy atom. The van der Waals surface area contributed by atoms with E-state index in [1.807, 2.05) is 24.3 Å². The van der Waals surface area contributed by atoms with Crippen molar-refractivity contribution in [2.45, 2.75) is 32.6 Å². The zero-order chi connectivity index (χ0) is 17.8. The van der Waals surface area contributed by atoms with Gasteiger partial charge in [-0.15, -0.1) is 0 Å². The van der Waals surface area contributed by atoms with Crippen LogP contribution in [0.5, 0.6) is 0 Å². The number of pyridine rings is 1. The number of carbonyl (C=O) groups excluding carboxylic acids is 1. The fourth-order valence-electron chi connectivity index (χ4n) is 3.22. The number of H-pyrrole nitrogens is 1. The Morgan fingerprint density at radius 2 is 1.92 bits per heavy atom. The minimum absolute atomic E-state index is 0.103. The predicted octanol–water partition coefficient (Wildman–Crippen LogP) is 2.24. The zero-order valence-electron chi connectivity index (χ0n) is 14.5. The van der Waals surface area contributed by atoms with Gasteiger partial charge in [-0.3, -0.25) is 14.5 Å². The van der Waals surface area contributed by atoms with Crippen LogP contribution in [0.2, 0.25) is 0 Å². The van der Waals surface area contributed by atoms with E-state index in [0.29, 0.717) is 0 Å². The third kappa shape index (κ3) is 4.35. The van der Waals surface area contributed by atoms with E-state index in [2.05, 4.69) is 29.0 Å². The lowest BCUT2D eigenvalue weighted by Gasteiger charge is -2.35. The van der Waals surface area contributed by atoms with Crippen LogP contribution in [0.25, 0.3) is 0 Å². The molecule has 1 aliphatic heterocycles. The van der Waals surface area contributed by atoms with Crippen LogP contribution >= 0.6 is 0 Å². The first-order valence-corrected chi connectivity index (χ1v) is 8.47. The summed E-state index contributed by atoms with van der Waals surface area (Å²) in [6, 6.07) is 10.8. The largest absolute Gasteiger partial charge is 0.373 e. The van der Waals surface area contributed by atoms with Crippen LogP contribution in [0, 0.1) is 0 Å². The van der Waals surface area contributed by atoms with E-state index in [0.717, 1.165) is 30.9 Å². The normalized spacial score (nSPS) is 21.0. The van der Waals surface area contributed by atoms with Crippen molar-refractivity contribution in [1.29, 1.82) is 0 Å². The van der Waals surface area contributed by atoms with E-state index in [9.17, 15) is 9.59 Å². The standard InChI is InChI=1S/C19H23N3O3/c1-13-10-22(11-14(2)25-13)12-15-6-3-4-8-17(15)21-19(24)16-7-5-9-20-18(16)23/h3-9,13-14H,10-12H2,1-2H3,(H,20,23)(H,21,24). The highest BCUT2D eigenvalue weighted by Crippen LogP contribution is 2.20. The van der Waals surface area contributed by atoms with Gasteiger partial charge in [-0.1, -0.05) is 18.2 Å². The van der Waals surface area contributed by atoms with E-state index in [1.165, 1.54) is 12.3 Å². The number of carbonyl (C=O) groups is 1. The number of amides is 1. The first-order valence-electron chi connectivity index (χ1n) is 8.47. The minimum Gasteiger partial charge on any atom is -0.373 e. The Bertz CT molecular complexity index is 792. The second kappa shape index (κ2) is 7.63. The molecule has 2 N–H and O–H groups in total.